The number of nitrogens with one attached hydrogen (secondary N) is 2. The number of amidine groups is 1. The first-order chi connectivity index (χ1) is 23.4. The fourth-order valence-corrected chi connectivity index (χ4v) is 7.25. The molecule has 262 valence electrons. The van der Waals surface area contributed by atoms with Crippen molar-refractivity contribution in [1.29, 1.82) is 5.26 Å². The molecule has 1 atom stereocenters. The fourth-order valence-electron chi connectivity index (χ4n) is 5.63. The number of carbonyl (C=O) groups excluding carboxylic acids is 2. The molecular formula is C33H37ClF3N7O4S. The lowest BCUT2D eigenvalue weighted by Gasteiger charge is -2.25. The third-order valence-corrected chi connectivity index (χ3v) is 10.0. The number of aliphatic imine (C=N–C) groups is 1. The molecule has 2 aromatic rings. The zero-order chi connectivity index (χ0) is 35.6. The standard InChI is InChI=1S/C33H37ClF3N7O4S/c1-2-3-5-8-31(45)44(17-14-38)49(47,48)18-7-4-6-15-39-33(46)42-16-13-25(21-42)40-32-26-19-23(34)9-11-28(26)43(22-30(36)37)29-12-10-24(35)20-27(29)41-32/h1,9-12,19-20,25,30H,3-8,13,15-18,21-22H2,(H,39,46)(H,40,41)/t25-/m0/s1. The van der Waals surface area contributed by atoms with Gasteiger partial charge in [-0.3, -0.25) is 9.79 Å². The third-order valence-electron chi connectivity index (χ3n) is 7.99. The molecule has 2 heterocycles. The number of amides is 3. The highest BCUT2D eigenvalue weighted by atomic mass is 35.5. The number of likely N-dealkylation sites (tertiary alicyclic amines) is 1. The SMILES string of the molecule is C#CCCCC(=O)N(CC#N)S(=O)(=O)CCCCCNC(=O)N1CC[C@H](N=C2Nc3cc(F)ccc3N(CC(F)F)c3ccc(Cl)cc32)C1. The lowest BCUT2D eigenvalue weighted by molar-refractivity contribution is -0.126. The number of urea groups is 1. The van der Waals surface area contributed by atoms with Crippen LogP contribution in [0.2, 0.25) is 5.02 Å². The van der Waals surface area contributed by atoms with Gasteiger partial charge in [-0.05, 0) is 62.1 Å². The van der Waals surface area contributed by atoms with Crippen molar-refractivity contribution in [2.45, 2.75) is 57.4 Å². The molecule has 2 aliphatic heterocycles. The van der Waals surface area contributed by atoms with Crippen molar-refractivity contribution in [3.05, 3.63) is 52.8 Å². The summed E-state index contributed by atoms with van der Waals surface area (Å²) in [4.78, 5) is 33.1. The van der Waals surface area contributed by atoms with E-state index in [0.29, 0.717) is 70.8 Å². The monoisotopic (exact) mass is 719 g/mol. The predicted octanol–water partition coefficient (Wildman–Crippen LogP) is 5.49. The Labute approximate surface area is 289 Å². The van der Waals surface area contributed by atoms with Crippen LogP contribution in [0.4, 0.5) is 35.0 Å². The first-order valence-electron chi connectivity index (χ1n) is 15.8. The number of nitrogens with zero attached hydrogens (tertiary/aromatic N) is 5. The Hall–Kier alpha value is -4.47. The summed E-state index contributed by atoms with van der Waals surface area (Å²) in [5.41, 5.74) is 1.49. The van der Waals surface area contributed by atoms with Gasteiger partial charge in [-0.2, -0.15) is 5.26 Å². The van der Waals surface area contributed by atoms with Gasteiger partial charge < -0.3 is 20.4 Å². The smallest absolute Gasteiger partial charge is 0.317 e. The van der Waals surface area contributed by atoms with E-state index in [2.05, 4.69) is 16.6 Å². The molecule has 2 N–H and O–H groups in total. The molecule has 0 aliphatic carbocycles. The van der Waals surface area contributed by atoms with Crippen molar-refractivity contribution in [3.8, 4) is 18.4 Å². The van der Waals surface area contributed by atoms with Crippen LogP contribution in [-0.4, -0.2) is 86.3 Å². The van der Waals surface area contributed by atoms with E-state index in [1.54, 1.807) is 29.2 Å². The minimum absolute atomic E-state index is 0.0624. The van der Waals surface area contributed by atoms with Crippen LogP contribution in [0.15, 0.2) is 41.4 Å². The molecule has 16 heteroatoms. The Kier molecular flexibility index (Phi) is 13.2. The predicted molar refractivity (Wildman–Crippen MR) is 182 cm³/mol. The summed E-state index contributed by atoms with van der Waals surface area (Å²) in [7, 11) is -3.97. The summed E-state index contributed by atoms with van der Waals surface area (Å²) in [6.45, 7) is -0.235. The largest absolute Gasteiger partial charge is 0.338 e. The average Bonchev–Trinajstić information content (AvgIpc) is 3.48. The van der Waals surface area contributed by atoms with E-state index in [-0.39, 0.29) is 49.4 Å². The van der Waals surface area contributed by atoms with Crippen molar-refractivity contribution in [2.24, 2.45) is 4.99 Å². The van der Waals surface area contributed by atoms with Gasteiger partial charge in [0.1, 0.15) is 18.2 Å². The zero-order valence-electron chi connectivity index (χ0n) is 26.7. The second kappa shape index (κ2) is 17.3. The van der Waals surface area contributed by atoms with Crippen LogP contribution in [0.5, 0.6) is 0 Å². The number of hydrogen-bond donors (Lipinski definition) is 2. The molecule has 2 aromatic carbocycles. The Balaban J connectivity index is 1.33. The maximum absolute atomic E-state index is 14.3. The van der Waals surface area contributed by atoms with Crippen molar-refractivity contribution >= 4 is 56.5 Å². The minimum Gasteiger partial charge on any atom is -0.338 e. The lowest BCUT2D eigenvalue weighted by Crippen LogP contribution is -2.39. The van der Waals surface area contributed by atoms with Gasteiger partial charge in [-0.1, -0.05) is 18.0 Å². The second-order valence-electron chi connectivity index (χ2n) is 11.5. The third kappa shape index (κ3) is 10.0. The van der Waals surface area contributed by atoms with E-state index in [1.807, 2.05) is 0 Å². The van der Waals surface area contributed by atoms with Gasteiger partial charge in [0.2, 0.25) is 15.9 Å². The molecule has 0 radical (unpaired) electrons. The number of unbranched alkanes of at least 4 members (excludes halogenated alkanes) is 3. The number of carbonyl (C=O) groups is 2. The highest BCUT2D eigenvalue weighted by Crippen LogP contribution is 2.40. The van der Waals surface area contributed by atoms with Crippen LogP contribution in [0.1, 0.15) is 50.5 Å². The number of nitriles is 1. The molecule has 4 rings (SSSR count). The van der Waals surface area contributed by atoms with Gasteiger partial charge >= 0.3 is 6.03 Å². The topological polar surface area (TPSA) is 138 Å². The molecule has 1 saturated heterocycles. The van der Waals surface area contributed by atoms with E-state index < -0.39 is 41.3 Å². The van der Waals surface area contributed by atoms with Crippen LogP contribution in [0, 0.1) is 29.5 Å². The van der Waals surface area contributed by atoms with Crippen molar-refractivity contribution in [2.75, 3.05) is 48.7 Å². The van der Waals surface area contributed by atoms with Crippen molar-refractivity contribution in [3.63, 3.8) is 0 Å². The minimum atomic E-state index is -3.97. The van der Waals surface area contributed by atoms with E-state index in [1.165, 1.54) is 23.1 Å². The molecule has 3 amide bonds. The van der Waals surface area contributed by atoms with Gasteiger partial charge in [0.15, 0.2) is 0 Å². The second-order valence-corrected chi connectivity index (χ2v) is 14.0. The summed E-state index contributed by atoms with van der Waals surface area (Å²) in [6, 6.07) is 9.69. The van der Waals surface area contributed by atoms with Crippen LogP contribution in [-0.2, 0) is 14.8 Å². The maximum atomic E-state index is 14.3. The molecule has 49 heavy (non-hydrogen) atoms. The van der Waals surface area contributed by atoms with Gasteiger partial charge in [0.25, 0.3) is 6.43 Å². The molecule has 1 fully saturated rings. The summed E-state index contributed by atoms with van der Waals surface area (Å²) in [5.74, 6) is 1.18. The van der Waals surface area contributed by atoms with Crippen LogP contribution < -0.4 is 15.5 Å². The van der Waals surface area contributed by atoms with E-state index in [4.69, 9.17) is 28.3 Å². The Bertz CT molecular complexity index is 1750. The number of hydrogen-bond acceptors (Lipinski definition) is 7. The molecule has 0 aromatic heterocycles. The normalized spacial score (nSPS) is 16.3. The van der Waals surface area contributed by atoms with Gasteiger partial charge in [0.05, 0.1) is 41.5 Å². The Morgan fingerprint density at radius 2 is 1.94 bits per heavy atom. The van der Waals surface area contributed by atoms with Crippen LogP contribution in [0.25, 0.3) is 0 Å². The number of halogens is 4. The molecule has 2 aliphatic rings. The Morgan fingerprint density at radius 3 is 2.67 bits per heavy atom. The highest BCUT2D eigenvalue weighted by molar-refractivity contribution is 7.89. The molecule has 0 spiro atoms. The molecule has 0 unspecified atom stereocenters. The molecular weight excluding hydrogens is 683 g/mol. The van der Waals surface area contributed by atoms with E-state index >= 15 is 0 Å². The number of benzene rings is 2. The van der Waals surface area contributed by atoms with Gasteiger partial charge in [-0.15, -0.1) is 12.3 Å². The number of alkyl halides is 2. The first-order valence-corrected chi connectivity index (χ1v) is 17.8. The number of terminal acetylenes is 1. The first kappa shape index (κ1) is 37.4. The Morgan fingerprint density at radius 1 is 1.16 bits per heavy atom. The van der Waals surface area contributed by atoms with Crippen LogP contribution in [0.3, 0.4) is 0 Å². The molecule has 0 bridgehead atoms. The van der Waals surface area contributed by atoms with E-state index in [0.717, 1.165) is 0 Å². The summed E-state index contributed by atoms with van der Waals surface area (Å²) in [6.07, 6.45) is 4.79. The summed E-state index contributed by atoms with van der Waals surface area (Å²) in [5, 5.41) is 15.3. The van der Waals surface area contributed by atoms with Crippen molar-refractivity contribution in [1.82, 2.24) is 14.5 Å². The maximum Gasteiger partial charge on any atom is 0.317 e. The summed E-state index contributed by atoms with van der Waals surface area (Å²) >= 11 is 6.30. The molecule has 0 saturated carbocycles. The van der Waals surface area contributed by atoms with Gasteiger partial charge in [0, 0.05) is 43.1 Å². The van der Waals surface area contributed by atoms with Gasteiger partial charge in [-0.25, -0.2) is 30.7 Å². The highest BCUT2D eigenvalue weighted by Gasteiger charge is 2.31. The summed E-state index contributed by atoms with van der Waals surface area (Å²) < 4.78 is 67.6. The number of sulfonamides is 1. The number of anilines is 3. The lowest BCUT2D eigenvalue weighted by atomic mass is 10.1. The quantitative estimate of drug-likeness (QED) is 0.150. The number of fused-ring (bicyclic) bond motifs is 2. The zero-order valence-corrected chi connectivity index (χ0v) is 28.3. The van der Waals surface area contributed by atoms with Crippen LogP contribution >= 0.6 is 11.6 Å². The number of rotatable bonds is 14. The fraction of sp³-hybridized carbons (Fsp3) is 0.455. The van der Waals surface area contributed by atoms with E-state index in [9.17, 15) is 31.2 Å². The molecule has 11 nitrogen and oxygen atoms in total. The average molecular weight is 720 g/mol. The van der Waals surface area contributed by atoms with Crippen molar-refractivity contribution < 1.29 is 31.2 Å².